The van der Waals surface area contributed by atoms with Gasteiger partial charge in [-0.05, 0) is 24.8 Å². The summed E-state index contributed by atoms with van der Waals surface area (Å²) in [6, 6.07) is 0.361. The number of fused-ring (bicyclic) bond motifs is 3. The molecule has 0 spiro atoms. The minimum Gasteiger partial charge on any atom is -0.467 e. The SMILES string of the molecule is COc1nc(N)c2c3c(sc2n1)CCC3. The van der Waals surface area contributed by atoms with Crippen LogP contribution in [0.15, 0.2) is 0 Å². The molecular formula is C10H11N3OS. The summed E-state index contributed by atoms with van der Waals surface area (Å²) in [7, 11) is 1.56. The Kier molecular flexibility index (Phi) is 1.82. The third-order valence-corrected chi connectivity index (χ3v) is 3.94. The van der Waals surface area contributed by atoms with Crippen LogP contribution in [-0.2, 0) is 12.8 Å². The summed E-state index contributed by atoms with van der Waals surface area (Å²) in [6.07, 6.45) is 3.48. The predicted molar refractivity (Wildman–Crippen MR) is 60.4 cm³/mol. The third kappa shape index (κ3) is 1.19. The van der Waals surface area contributed by atoms with Crippen molar-refractivity contribution in [3.8, 4) is 6.01 Å². The third-order valence-electron chi connectivity index (χ3n) is 2.75. The number of anilines is 1. The van der Waals surface area contributed by atoms with E-state index in [0.29, 0.717) is 11.8 Å². The zero-order chi connectivity index (χ0) is 10.4. The second-order valence-corrected chi connectivity index (χ2v) is 4.72. The van der Waals surface area contributed by atoms with Crippen LogP contribution in [0.5, 0.6) is 6.01 Å². The molecule has 78 valence electrons. The van der Waals surface area contributed by atoms with E-state index in [-0.39, 0.29) is 0 Å². The van der Waals surface area contributed by atoms with Gasteiger partial charge in [0.25, 0.3) is 0 Å². The van der Waals surface area contributed by atoms with Crippen molar-refractivity contribution in [3.05, 3.63) is 10.4 Å². The number of methoxy groups -OCH3 is 1. The average Bonchev–Trinajstić information content (AvgIpc) is 2.75. The summed E-state index contributed by atoms with van der Waals surface area (Å²) in [4.78, 5) is 10.8. The van der Waals surface area contributed by atoms with Crippen LogP contribution in [0.1, 0.15) is 16.9 Å². The average molecular weight is 221 g/mol. The van der Waals surface area contributed by atoms with Gasteiger partial charge in [0.05, 0.1) is 12.5 Å². The van der Waals surface area contributed by atoms with Gasteiger partial charge in [0, 0.05) is 4.88 Å². The van der Waals surface area contributed by atoms with Gasteiger partial charge in [-0.1, -0.05) is 0 Å². The molecule has 0 unspecified atom stereocenters. The van der Waals surface area contributed by atoms with E-state index in [1.807, 2.05) is 0 Å². The maximum Gasteiger partial charge on any atom is 0.319 e. The number of rotatable bonds is 1. The first kappa shape index (κ1) is 8.91. The van der Waals surface area contributed by atoms with E-state index in [0.717, 1.165) is 23.1 Å². The molecule has 4 nitrogen and oxygen atoms in total. The lowest BCUT2D eigenvalue weighted by molar-refractivity contribution is 0.382. The highest BCUT2D eigenvalue weighted by atomic mass is 32.1. The Morgan fingerprint density at radius 1 is 1.33 bits per heavy atom. The zero-order valence-corrected chi connectivity index (χ0v) is 9.23. The fraction of sp³-hybridized carbons (Fsp3) is 0.400. The van der Waals surface area contributed by atoms with Crippen LogP contribution >= 0.6 is 11.3 Å². The van der Waals surface area contributed by atoms with Gasteiger partial charge in [0.15, 0.2) is 0 Å². The molecular weight excluding hydrogens is 210 g/mol. The first-order chi connectivity index (χ1) is 7.29. The molecule has 0 bridgehead atoms. The Balaban J connectivity index is 2.34. The Bertz CT molecular complexity index is 535. The van der Waals surface area contributed by atoms with Gasteiger partial charge in [-0.3, -0.25) is 0 Å². The fourth-order valence-corrected chi connectivity index (χ4v) is 3.36. The lowest BCUT2D eigenvalue weighted by Gasteiger charge is -2.01. The van der Waals surface area contributed by atoms with Crippen LogP contribution in [0.3, 0.4) is 0 Å². The Hall–Kier alpha value is -1.36. The van der Waals surface area contributed by atoms with Crippen molar-refractivity contribution in [2.75, 3.05) is 12.8 Å². The molecule has 0 aromatic carbocycles. The van der Waals surface area contributed by atoms with Crippen LogP contribution < -0.4 is 10.5 Å². The van der Waals surface area contributed by atoms with E-state index in [1.165, 1.54) is 16.9 Å². The second kappa shape index (κ2) is 3.06. The molecule has 1 aliphatic carbocycles. The van der Waals surface area contributed by atoms with E-state index in [2.05, 4.69) is 9.97 Å². The normalized spacial score (nSPS) is 14.5. The highest BCUT2D eigenvalue weighted by Crippen LogP contribution is 2.39. The van der Waals surface area contributed by atoms with Crippen LogP contribution in [0, 0.1) is 0 Å². The van der Waals surface area contributed by atoms with Crippen LogP contribution in [0.2, 0.25) is 0 Å². The summed E-state index contributed by atoms with van der Waals surface area (Å²) in [5, 5.41) is 1.05. The summed E-state index contributed by atoms with van der Waals surface area (Å²) >= 11 is 1.72. The number of aryl methyl sites for hydroxylation is 2. The molecule has 2 N–H and O–H groups in total. The molecule has 3 rings (SSSR count). The number of thiophene rings is 1. The van der Waals surface area contributed by atoms with E-state index in [4.69, 9.17) is 10.5 Å². The largest absolute Gasteiger partial charge is 0.467 e. The maximum atomic E-state index is 5.93. The van der Waals surface area contributed by atoms with Gasteiger partial charge in [-0.25, -0.2) is 0 Å². The molecule has 0 amide bonds. The lowest BCUT2D eigenvalue weighted by atomic mass is 10.2. The monoisotopic (exact) mass is 221 g/mol. The van der Waals surface area contributed by atoms with Crippen molar-refractivity contribution >= 4 is 27.4 Å². The van der Waals surface area contributed by atoms with Gasteiger partial charge in [0.2, 0.25) is 0 Å². The maximum absolute atomic E-state index is 5.93. The molecule has 1 aliphatic rings. The Labute approximate surface area is 91.1 Å². The molecule has 0 fully saturated rings. The van der Waals surface area contributed by atoms with E-state index >= 15 is 0 Å². The molecule has 5 heteroatoms. The lowest BCUT2D eigenvalue weighted by Crippen LogP contribution is -1.98. The van der Waals surface area contributed by atoms with Crippen molar-refractivity contribution in [1.29, 1.82) is 0 Å². The number of aromatic nitrogens is 2. The van der Waals surface area contributed by atoms with Gasteiger partial charge >= 0.3 is 6.01 Å². The van der Waals surface area contributed by atoms with Gasteiger partial charge in [-0.2, -0.15) is 9.97 Å². The highest BCUT2D eigenvalue weighted by Gasteiger charge is 2.21. The molecule has 0 radical (unpaired) electrons. The fourth-order valence-electron chi connectivity index (χ4n) is 2.09. The first-order valence-electron chi connectivity index (χ1n) is 4.91. The zero-order valence-electron chi connectivity index (χ0n) is 8.41. The standard InChI is InChI=1S/C10H11N3OS/c1-14-10-12-8(11)7-5-3-2-4-6(5)15-9(7)13-10/h2-4H2,1H3,(H2,11,12,13). The van der Waals surface area contributed by atoms with Crippen molar-refractivity contribution in [1.82, 2.24) is 9.97 Å². The number of hydrogen-bond acceptors (Lipinski definition) is 5. The van der Waals surface area contributed by atoms with Gasteiger partial charge in [0.1, 0.15) is 10.6 Å². The second-order valence-electron chi connectivity index (χ2n) is 3.63. The summed E-state index contributed by atoms with van der Waals surface area (Å²) in [6.45, 7) is 0. The number of ether oxygens (including phenoxy) is 1. The summed E-state index contributed by atoms with van der Waals surface area (Å²) < 4.78 is 5.01. The Morgan fingerprint density at radius 2 is 2.20 bits per heavy atom. The quantitative estimate of drug-likeness (QED) is 0.797. The molecule has 2 aromatic heterocycles. The van der Waals surface area contributed by atoms with Crippen LogP contribution in [-0.4, -0.2) is 17.1 Å². The number of nitrogens with two attached hydrogens (primary N) is 1. The summed E-state index contributed by atoms with van der Waals surface area (Å²) in [5.41, 5.74) is 7.28. The van der Waals surface area contributed by atoms with E-state index in [9.17, 15) is 0 Å². The van der Waals surface area contributed by atoms with Crippen LogP contribution in [0.25, 0.3) is 10.2 Å². The predicted octanol–water partition coefficient (Wildman–Crippen LogP) is 1.77. The summed E-state index contributed by atoms with van der Waals surface area (Å²) in [5.74, 6) is 0.552. The number of hydrogen-bond donors (Lipinski definition) is 1. The smallest absolute Gasteiger partial charge is 0.319 e. The highest BCUT2D eigenvalue weighted by molar-refractivity contribution is 7.19. The minimum absolute atomic E-state index is 0.361. The van der Waals surface area contributed by atoms with E-state index in [1.54, 1.807) is 18.4 Å². The molecule has 0 atom stereocenters. The molecule has 2 aromatic rings. The number of nitrogens with zero attached hydrogens (tertiary/aromatic N) is 2. The van der Waals surface area contributed by atoms with Gasteiger partial charge in [-0.15, -0.1) is 11.3 Å². The molecule has 0 saturated heterocycles. The van der Waals surface area contributed by atoms with Gasteiger partial charge < -0.3 is 10.5 Å². The van der Waals surface area contributed by atoms with Crippen molar-refractivity contribution in [2.24, 2.45) is 0 Å². The van der Waals surface area contributed by atoms with Crippen molar-refractivity contribution in [3.63, 3.8) is 0 Å². The topological polar surface area (TPSA) is 61.0 Å². The Morgan fingerprint density at radius 3 is 3.00 bits per heavy atom. The molecule has 0 saturated carbocycles. The number of nitrogen functional groups attached to an aromatic ring is 1. The van der Waals surface area contributed by atoms with E-state index < -0.39 is 0 Å². The minimum atomic E-state index is 0.361. The first-order valence-corrected chi connectivity index (χ1v) is 5.73. The molecule has 15 heavy (non-hydrogen) atoms. The van der Waals surface area contributed by atoms with Crippen molar-refractivity contribution < 1.29 is 4.74 Å². The molecule has 0 aliphatic heterocycles. The molecule has 2 heterocycles. The van der Waals surface area contributed by atoms with Crippen LogP contribution in [0.4, 0.5) is 5.82 Å². The van der Waals surface area contributed by atoms with Crippen molar-refractivity contribution in [2.45, 2.75) is 19.3 Å².